The minimum atomic E-state index is -0.173. The molecule has 1 saturated heterocycles. The zero-order valence-electron chi connectivity index (χ0n) is 18.7. The van der Waals surface area contributed by atoms with E-state index in [1.165, 1.54) is 17.3 Å². The lowest BCUT2D eigenvalue weighted by Gasteiger charge is -2.16. The van der Waals surface area contributed by atoms with Gasteiger partial charge in [0, 0.05) is 6.42 Å². The Morgan fingerprint density at radius 2 is 1.78 bits per heavy atom. The summed E-state index contributed by atoms with van der Waals surface area (Å²) < 4.78 is 18.2. The Morgan fingerprint density at radius 3 is 2.47 bits per heavy atom. The number of thioether (sulfide) groups is 1. The maximum atomic E-state index is 11.9. The van der Waals surface area contributed by atoms with E-state index in [9.17, 15) is 4.79 Å². The topological polar surface area (TPSA) is 56.8 Å². The quantitative estimate of drug-likeness (QED) is 0.249. The fourth-order valence-corrected chi connectivity index (χ4v) is 4.28. The van der Waals surface area contributed by atoms with Gasteiger partial charge in [-0.2, -0.15) is 0 Å². The molecule has 32 heavy (non-hydrogen) atoms. The van der Waals surface area contributed by atoms with Gasteiger partial charge in [-0.3, -0.25) is 4.79 Å². The van der Waals surface area contributed by atoms with Gasteiger partial charge in [0.2, 0.25) is 0 Å². The van der Waals surface area contributed by atoms with E-state index in [-0.39, 0.29) is 5.91 Å². The number of rotatable bonds is 11. The lowest BCUT2D eigenvalue weighted by Crippen LogP contribution is -2.17. The van der Waals surface area contributed by atoms with E-state index in [4.69, 9.17) is 26.4 Å². The van der Waals surface area contributed by atoms with Crippen LogP contribution in [0.2, 0.25) is 0 Å². The Kier molecular flexibility index (Phi) is 9.00. The number of carbonyl (C=O) groups is 1. The number of hydrogen-bond acceptors (Lipinski definition) is 6. The molecule has 3 rings (SSSR count). The van der Waals surface area contributed by atoms with Crippen LogP contribution in [0.3, 0.4) is 0 Å². The van der Waals surface area contributed by atoms with Crippen LogP contribution < -0.4 is 19.5 Å². The van der Waals surface area contributed by atoms with Crippen molar-refractivity contribution in [2.45, 2.75) is 39.5 Å². The highest BCUT2D eigenvalue weighted by atomic mass is 32.2. The summed E-state index contributed by atoms with van der Waals surface area (Å²) in [5.41, 5.74) is 2.10. The average molecular weight is 472 g/mol. The summed E-state index contributed by atoms with van der Waals surface area (Å²) in [6, 6.07) is 13.9. The molecule has 0 radical (unpaired) electrons. The summed E-state index contributed by atoms with van der Waals surface area (Å²) in [7, 11) is 0. The highest BCUT2D eigenvalue weighted by Crippen LogP contribution is 2.32. The second-order valence-corrected chi connectivity index (χ2v) is 9.11. The first kappa shape index (κ1) is 24.1. The molecule has 1 fully saturated rings. The smallest absolute Gasteiger partial charge is 0.263 e. The van der Waals surface area contributed by atoms with Crippen molar-refractivity contribution in [3.63, 3.8) is 0 Å². The lowest BCUT2D eigenvalue weighted by molar-refractivity contribution is -0.115. The number of nitrogens with one attached hydrogen (secondary N) is 1. The van der Waals surface area contributed by atoms with Crippen molar-refractivity contribution in [2.75, 3.05) is 19.8 Å². The highest BCUT2D eigenvalue weighted by molar-refractivity contribution is 8.26. The van der Waals surface area contributed by atoms with Gasteiger partial charge in [0.1, 0.15) is 10.1 Å². The second-order valence-electron chi connectivity index (χ2n) is 7.39. The van der Waals surface area contributed by atoms with E-state index >= 15 is 0 Å². The zero-order chi connectivity index (χ0) is 22.9. The van der Waals surface area contributed by atoms with Crippen molar-refractivity contribution in [3.8, 4) is 17.2 Å². The Labute approximate surface area is 199 Å². The SMILES string of the molecule is CCOc1cc(/C=C2/SC(=S)NC2=O)ccc1OCCCOc1ccccc1C(C)CC. The van der Waals surface area contributed by atoms with Crippen LogP contribution in [0.25, 0.3) is 6.08 Å². The summed E-state index contributed by atoms with van der Waals surface area (Å²) in [4.78, 5) is 12.5. The first-order valence-electron chi connectivity index (χ1n) is 10.9. The third-order valence-electron chi connectivity index (χ3n) is 5.07. The van der Waals surface area contributed by atoms with Crippen LogP contribution in [0.1, 0.15) is 50.7 Å². The van der Waals surface area contributed by atoms with Crippen LogP contribution in [0.5, 0.6) is 17.2 Å². The Hall–Kier alpha value is -2.51. The number of amides is 1. The van der Waals surface area contributed by atoms with Gasteiger partial charge in [-0.25, -0.2) is 0 Å². The summed E-state index contributed by atoms with van der Waals surface area (Å²) in [6.07, 6.45) is 3.63. The largest absolute Gasteiger partial charge is 0.493 e. The van der Waals surface area contributed by atoms with E-state index < -0.39 is 0 Å². The molecule has 0 aliphatic carbocycles. The molecule has 1 aliphatic rings. The van der Waals surface area contributed by atoms with E-state index in [0.29, 0.717) is 46.5 Å². The van der Waals surface area contributed by atoms with Gasteiger partial charge >= 0.3 is 0 Å². The molecule has 0 saturated carbocycles. The maximum Gasteiger partial charge on any atom is 0.263 e. The lowest BCUT2D eigenvalue weighted by atomic mass is 9.98. The van der Waals surface area contributed by atoms with Gasteiger partial charge in [-0.15, -0.1) is 0 Å². The van der Waals surface area contributed by atoms with Crippen molar-refractivity contribution < 1.29 is 19.0 Å². The minimum absolute atomic E-state index is 0.173. The summed E-state index contributed by atoms with van der Waals surface area (Å²) in [5.74, 6) is 2.56. The molecule has 1 unspecified atom stereocenters. The van der Waals surface area contributed by atoms with Crippen molar-refractivity contribution in [1.29, 1.82) is 0 Å². The maximum absolute atomic E-state index is 11.9. The van der Waals surface area contributed by atoms with Crippen molar-refractivity contribution in [3.05, 3.63) is 58.5 Å². The van der Waals surface area contributed by atoms with Crippen molar-refractivity contribution in [1.82, 2.24) is 5.32 Å². The monoisotopic (exact) mass is 471 g/mol. The molecule has 1 aliphatic heterocycles. The van der Waals surface area contributed by atoms with Gasteiger partial charge in [0.05, 0.1) is 24.7 Å². The number of thiocarbonyl (C=S) groups is 1. The van der Waals surface area contributed by atoms with Crippen molar-refractivity contribution >= 4 is 40.3 Å². The highest BCUT2D eigenvalue weighted by Gasteiger charge is 2.22. The molecular formula is C25H29NO4S2. The van der Waals surface area contributed by atoms with Crippen LogP contribution >= 0.6 is 24.0 Å². The van der Waals surface area contributed by atoms with E-state index in [1.807, 2.05) is 37.3 Å². The van der Waals surface area contributed by atoms with E-state index in [2.05, 4.69) is 31.3 Å². The second kappa shape index (κ2) is 11.9. The average Bonchev–Trinajstić information content (AvgIpc) is 3.11. The Balaban J connectivity index is 1.57. The molecule has 2 aromatic rings. The summed E-state index contributed by atoms with van der Waals surface area (Å²) >= 11 is 6.30. The Morgan fingerprint density at radius 1 is 1.03 bits per heavy atom. The number of para-hydroxylation sites is 1. The predicted molar refractivity (Wildman–Crippen MR) is 135 cm³/mol. The normalized spacial score (nSPS) is 15.5. The Bertz CT molecular complexity index is 990. The summed E-state index contributed by atoms with van der Waals surface area (Å²) in [6.45, 7) is 7.93. The molecule has 7 heteroatoms. The van der Waals surface area contributed by atoms with Gasteiger partial charge in [-0.05, 0) is 54.7 Å². The van der Waals surface area contributed by atoms with Crippen molar-refractivity contribution in [2.24, 2.45) is 0 Å². The van der Waals surface area contributed by atoms with Gasteiger partial charge in [0.25, 0.3) is 5.91 Å². The molecule has 170 valence electrons. The summed E-state index contributed by atoms with van der Waals surface area (Å²) in [5, 5.41) is 2.62. The van der Waals surface area contributed by atoms with Crippen LogP contribution in [0, 0.1) is 0 Å². The first-order valence-corrected chi connectivity index (χ1v) is 12.1. The molecule has 1 heterocycles. The predicted octanol–water partition coefficient (Wildman–Crippen LogP) is 5.94. The standard InChI is InChI=1S/C25H29NO4S2/c1-4-17(3)19-9-6-7-10-20(19)29-13-8-14-30-21-12-11-18(15-22(21)28-5-2)16-23-24(27)26-25(31)32-23/h6-7,9-12,15-17H,4-5,8,13-14H2,1-3H3,(H,26,27,31)/b23-16+. The minimum Gasteiger partial charge on any atom is -0.493 e. The van der Waals surface area contributed by atoms with Crippen LogP contribution in [0.15, 0.2) is 47.4 Å². The molecule has 0 spiro atoms. The third-order valence-corrected chi connectivity index (χ3v) is 6.24. The van der Waals surface area contributed by atoms with E-state index in [1.54, 1.807) is 6.08 Å². The molecule has 1 amide bonds. The third kappa shape index (κ3) is 6.50. The fourth-order valence-electron chi connectivity index (χ4n) is 3.24. The molecule has 1 N–H and O–H groups in total. The fraction of sp³-hybridized carbons (Fsp3) is 0.360. The number of carbonyl (C=O) groups excluding carboxylic acids is 1. The van der Waals surface area contributed by atoms with Crippen LogP contribution in [-0.2, 0) is 4.79 Å². The molecule has 2 aromatic carbocycles. The molecule has 1 atom stereocenters. The zero-order valence-corrected chi connectivity index (χ0v) is 20.3. The molecule has 5 nitrogen and oxygen atoms in total. The van der Waals surface area contributed by atoms with Crippen LogP contribution in [0.4, 0.5) is 0 Å². The van der Waals surface area contributed by atoms with Gasteiger partial charge in [0.15, 0.2) is 11.5 Å². The van der Waals surface area contributed by atoms with Gasteiger partial charge < -0.3 is 19.5 Å². The van der Waals surface area contributed by atoms with Crippen LogP contribution in [-0.4, -0.2) is 30.0 Å². The number of benzene rings is 2. The molecular weight excluding hydrogens is 442 g/mol. The number of ether oxygens (including phenoxy) is 3. The molecule has 0 bridgehead atoms. The number of hydrogen-bond donors (Lipinski definition) is 1. The molecule has 0 aromatic heterocycles. The van der Waals surface area contributed by atoms with Gasteiger partial charge in [-0.1, -0.05) is 62.1 Å². The van der Waals surface area contributed by atoms with E-state index in [0.717, 1.165) is 24.2 Å². The first-order chi connectivity index (χ1) is 15.5.